The smallest absolute Gasteiger partial charge is 0.338 e. The van der Waals surface area contributed by atoms with E-state index in [0.717, 1.165) is 28.2 Å². The standard InChI is InChI=1S/C30H27N3O5S/c1-5-23-25(29(37)38-4)26(19-10-7-6-8-11-19)33-27(34)24(39-30(33)31-23)16-21-14-17(2)32(18(21)3)22-13-9-12-20(15-22)28(35)36/h6-16,26H,5H2,1-4H3,(H,35,36)/b24-16-/t26-/m0/s1. The number of thiazole rings is 1. The number of nitrogens with zero attached hydrogens (tertiary/aromatic N) is 3. The van der Waals surface area contributed by atoms with E-state index in [0.29, 0.717) is 27.0 Å². The molecular formula is C30H27N3O5S. The van der Waals surface area contributed by atoms with Gasteiger partial charge in [0.1, 0.15) is 0 Å². The molecule has 0 saturated carbocycles. The average Bonchev–Trinajstić information content (AvgIpc) is 3.41. The number of carbonyl (C=O) groups is 2. The van der Waals surface area contributed by atoms with Crippen LogP contribution < -0.4 is 14.9 Å². The lowest BCUT2D eigenvalue weighted by Crippen LogP contribution is -2.40. The first-order valence-electron chi connectivity index (χ1n) is 12.5. The number of carboxylic acids is 1. The van der Waals surface area contributed by atoms with Crippen molar-refractivity contribution >= 4 is 29.4 Å². The van der Waals surface area contributed by atoms with Crippen molar-refractivity contribution < 1.29 is 19.4 Å². The number of rotatable bonds is 6. The first-order chi connectivity index (χ1) is 18.7. The van der Waals surface area contributed by atoms with E-state index in [4.69, 9.17) is 9.73 Å². The number of carboxylic acid groups (broad SMARTS) is 1. The van der Waals surface area contributed by atoms with Crippen molar-refractivity contribution in [3.05, 3.63) is 120 Å². The van der Waals surface area contributed by atoms with Gasteiger partial charge in [0.05, 0.1) is 34.5 Å². The highest BCUT2D eigenvalue weighted by atomic mass is 32.1. The van der Waals surface area contributed by atoms with Gasteiger partial charge in [-0.3, -0.25) is 9.36 Å². The van der Waals surface area contributed by atoms with Crippen LogP contribution in [0.2, 0.25) is 0 Å². The third-order valence-corrected chi connectivity index (χ3v) is 7.86. The number of esters is 1. The number of aromatic nitrogens is 2. The van der Waals surface area contributed by atoms with Gasteiger partial charge in [-0.25, -0.2) is 14.6 Å². The second-order valence-corrected chi connectivity index (χ2v) is 10.2. The number of fused-ring (bicyclic) bond motifs is 1. The average molecular weight is 542 g/mol. The van der Waals surface area contributed by atoms with Gasteiger partial charge in [-0.1, -0.05) is 54.7 Å². The molecule has 8 nitrogen and oxygen atoms in total. The lowest BCUT2D eigenvalue weighted by molar-refractivity contribution is -0.136. The van der Waals surface area contributed by atoms with Crippen LogP contribution in [0.4, 0.5) is 0 Å². The van der Waals surface area contributed by atoms with Crippen molar-refractivity contribution in [1.29, 1.82) is 0 Å². The zero-order valence-corrected chi connectivity index (χ0v) is 22.8. The molecule has 4 aromatic rings. The summed E-state index contributed by atoms with van der Waals surface area (Å²) in [5, 5.41) is 9.42. The summed E-state index contributed by atoms with van der Waals surface area (Å²) in [5.41, 5.74) is 5.03. The molecule has 1 aliphatic rings. The van der Waals surface area contributed by atoms with E-state index in [1.807, 2.05) is 73.9 Å². The summed E-state index contributed by atoms with van der Waals surface area (Å²) in [6, 6.07) is 17.5. The molecule has 0 saturated heterocycles. The predicted octanol–water partition coefficient (Wildman–Crippen LogP) is 3.90. The summed E-state index contributed by atoms with van der Waals surface area (Å²) in [4.78, 5) is 43.5. The van der Waals surface area contributed by atoms with Gasteiger partial charge in [0.25, 0.3) is 5.56 Å². The van der Waals surface area contributed by atoms with Crippen molar-refractivity contribution in [2.45, 2.75) is 33.2 Å². The van der Waals surface area contributed by atoms with Crippen molar-refractivity contribution in [2.24, 2.45) is 4.99 Å². The highest BCUT2D eigenvalue weighted by molar-refractivity contribution is 7.07. The third-order valence-electron chi connectivity index (χ3n) is 6.87. The summed E-state index contributed by atoms with van der Waals surface area (Å²) in [5.74, 6) is -1.50. The third kappa shape index (κ3) is 4.55. The zero-order chi connectivity index (χ0) is 27.8. The molecule has 5 rings (SSSR count). The maximum atomic E-state index is 13.9. The van der Waals surface area contributed by atoms with E-state index in [1.54, 1.807) is 22.8 Å². The van der Waals surface area contributed by atoms with E-state index >= 15 is 0 Å². The second kappa shape index (κ2) is 10.3. The molecule has 0 amide bonds. The van der Waals surface area contributed by atoms with Crippen LogP contribution in [-0.2, 0) is 9.53 Å². The molecule has 1 N–H and O–H groups in total. The normalized spacial score (nSPS) is 15.2. The zero-order valence-electron chi connectivity index (χ0n) is 22.0. The molecular weight excluding hydrogens is 514 g/mol. The van der Waals surface area contributed by atoms with Gasteiger partial charge < -0.3 is 14.4 Å². The second-order valence-electron chi connectivity index (χ2n) is 9.22. The minimum Gasteiger partial charge on any atom is -0.478 e. The molecule has 0 bridgehead atoms. The number of methoxy groups -OCH3 is 1. The molecule has 39 heavy (non-hydrogen) atoms. The largest absolute Gasteiger partial charge is 0.478 e. The van der Waals surface area contributed by atoms with Crippen LogP contribution in [-0.4, -0.2) is 33.3 Å². The lowest BCUT2D eigenvalue weighted by atomic mass is 9.95. The van der Waals surface area contributed by atoms with Gasteiger partial charge in [-0.2, -0.15) is 0 Å². The number of ether oxygens (including phenoxy) is 1. The summed E-state index contributed by atoms with van der Waals surface area (Å²) in [6.07, 6.45) is 2.34. The quantitative estimate of drug-likeness (QED) is 0.373. The Balaban J connectivity index is 1.70. The molecule has 0 radical (unpaired) electrons. The highest BCUT2D eigenvalue weighted by Gasteiger charge is 2.33. The van der Waals surface area contributed by atoms with Crippen molar-refractivity contribution in [3.63, 3.8) is 0 Å². The number of aromatic carboxylic acids is 1. The topological polar surface area (TPSA) is 103 Å². The Morgan fingerprint density at radius 3 is 2.51 bits per heavy atom. The number of hydrogen-bond donors (Lipinski definition) is 1. The number of benzene rings is 2. The summed E-state index contributed by atoms with van der Waals surface area (Å²) in [7, 11) is 1.33. The van der Waals surface area contributed by atoms with Crippen LogP contribution in [0.1, 0.15) is 52.3 Å². The summed E-state index contributed by atoms with van der Waals surface area (Å²) >= 11 is 1.28. The molecule has 3 heterocycles. The molecule has 0 unspecified atom stereocenters. The van der Waals surface area contributed by atoms with Crippen molar-refractivity contribution in [3.8, 4) is 5.69 Å². The van der Waals surface area contributed by atoms with Crippen LogP contribution in [0.25, 0.3) is 11.8 Å². The van der Waals surface area contributed by atoms with Crippen LogP contribution in [0, 0.1) is 13.8 Å². The molecule has 0 spiro atoms. The number of hydrogen-bond acceptors (Lipinski definition) is 6. The van der Waals surface area contributed by atoms with Crippen molar-refractivity contribution in [1.82, 2.24) is 9.13 Å². The monoisotopic (exact) mass is 541 g/mol. The maximum Gasteiger partial charge on any atom is 0.338 e. The number of carbonyl (C=O) groups excluding carboxylic acids is 1. The maximum absolute atomic E-state index is 13.9. The van der Waals surface area contributed by atoms with Crippen molar-refractivity contribution in [2.75, 3.05) is 7.11 Å². The lowest BCUT2D eigenvalue weighted by Gasteiger charge is -2.25. The molecule has 1 atom stereocenters. The summed E-state index contributed by atoms with van der Waals surface area (Å²) in [6.45, 7) is 5.79. The van der Waals surface area contributed by atoms with E-state index < -0.39 is 18.0 Å². The summed E-state index contributed by atoms with van der Waals surface area (Å²) < 4.78 is 9.13. The SMILES string of the molecule is CCC1=C(C(=O)OC)[C@H](c2ccccc2)n2c(s/c(=C\c3cc(C)n(-c4cccc(C(=O)O)c4)c3C)c2=O)=N1. The molecule has 0 fully saturated rings. The van der Waals surface area contributed by atoms with Crippen LogP contribution in [0.5, 0.6) is 0 Å². The van der Waals surface area contributed by atoms with Crippen LogP contribution in [0.15, 0.2) is 81.7 Å². The van der Waals surface area contributed by atoms with E-state index in [-0.39, 0.29) is 11.1 Å². The van der Waals surface area contributed by atoms with Crippen LogP contribution >= 0.6 is 11.3 Å². The molecule has 9 heteroatoms. The van der Waals surface area contributed by atoms with Gasteiger partial charge >= 0.3 is 11.9 Å². The predicted molar refractivity (Wildman–Crippen MR) is 149 cm³/mol. The molecule has 1 aliphatic heterocycles. The highest BCUT2D eigenvalue weighted by Crippen LogP contribution is 2.31. The van der Waals surface area contributed by atoms with E-state index in [9.17, 15) is 19.5 Å². The minimum atomic E-state index is -0.994. The van der Waals surface area contributed by atoms with Crippen LogP contribution in [0.3, 0.4) is 0 Å². The Hall–Kier alpha value is -4.50. The molecule has 0 aliphatic carbocycles. The Bertz CT molecular complexity index is 1830. The first kappa shape index (κ1) is 26.1. The fourth-order valence-corrected chi connectivity index (χ4v) is 6.08. The number of allylic oxidation sites excluding steroid dienone is 1. The van der Waals surface area contributed by atoms with Gasteiger partial charge in [-0.15, -0.1) is 0 Å². The molecule has 2 aromatic heterocycles. The van der Waals surface area contributed by atoms with E-state index in [2.05, 4.69) is 0 Å². The Kier molecular flexibility index (Phi) is 6.93. The van der Waals surface area contributed by atoms with Gasteiger partial charge in [0.2, 0.25) is 0 Å². The fraction of sp³-hybridized carbons (Fsp3) is 0.200. The first-order valence-corrected chi connectivity index (χ1v) is 13.3. The van der Waals surface area contributed by atoms with Gasteiger partial charge in [0, 0.05) is 17.1 Å². The minimum absolute atomic E-state index is 0.198. The Morgan fingerprint density at radius 1 is 1.10 bits per heavy atom. The Labute approximate surface area is 228 Å². The van der Waals surface area contributed by atoms with E-state index in [1.165, 1.54) is 18.4 Å². The number of aryl methyl sites for hydroxylation is 1. The van der Waals surface area contributed by atoms with Gasteiger partial charge in [-0.05, 0) is 61.7 Å². The molecule has 198 valence electrons. The van der Waals surface area contributed by atoms with Gasteiger partial charge in [0.15, 0.2) is 4.80 Å². The molecule has 2 aromatic carbocycles. The Morgan fingerprint density at radius 2 is 1.85 bits per heavy atom. The fourth-order valence-electron chi connectivity index (χ4n) is 5.07.